The Bertz CT molecular complexity index is 1070. The third-order valence-electron chi connectivity index (χ3n) is 4.66. The van der Waals surface area contributed by atoms with Crippen LogP contribution in [0.4, 0.5) is 11.4 Å². The Morgan fingerprint density at radius 3 is 2.33 bits per heavy atom. The van der Waals surface area contributed by atoms with E-state index in [9.17, 15) is 9.59 Å². The highest BCUT2D eigenvalue weighted by Crippen LogP contribution is 2.20. The molecule has 33 heavy (non-hydrogen) atoms. The molecule has 10 heteroatoms. The van der Waals surface area contributed by atoms with Crippen molar-refractivity contribution in [1.29, 1.82) is 0 Å². The molecular formula is C23H27N5O4S. The van der Waals surface area contributed by atoms with Crippen molar-refractivity contribution in [3.05, 3.63) is 59.9 Å². The fourth-order valence-corrected chi connectivity index (χ4v) is 3.82. The second-order valence-corrected chi connectivity index (χ2v) is 7.80. The molecule has 1 amide bonds. The van der Waals surface area contributed by atoms with Crippen LogP contribution in [0, 0.1) is 0 Å². The van der Waals surface area contributed by atoms with E-state index in [1.54, 1.807) is 38.3 Å². The number of ether oxygens (including phenoxy) is 2. The summed E-state index contributed by atoms with van der Waals surface area (Å²) in [5.74, 6) is 1.20. The van der Waals surface area contributed by atoms with Crippen LogP contribution in [0.5, 0.6) is 5.75 Å². The van der Waals surface area contributed by atoms with Crippen LogP contribution in [0.3, 0.4) is 0 Å². The number of aromatic nitrogens is 3. The molecule has 0 spiro atoms. The summed E-state index contributed by atoms with van der Waals surface area (Å²) < 4.78 is 12.1. The predicted octanol–water partition coefficient (Wildman–Crippen LogP) is 3.83. The van der Waals surface area contributed by atoms with Gasteiger partial charge in [-0.05, 0) is 62.4 Å². The highest BCUT2D eigenvalue weighted by atomic mass is 32.2. The molecule has 0 saturated heterocycles. The van der Waals surface area contributed by atoms with Gasteiger partial charge in [-0.2, -0.15) is 0 Å². The summed E-state index contributed by atoms with van der Waals surface area (Å²) >= 11 is 1.32. The van der Waals surface area contributed by atoms with Crippen molar-refractivity contribution in [2.24, 2.45) is 0 Å². The van der Waals surface area contributed by atoms with E-state index in [1.165, 1.54) is 11.8 Å². The summed E-state index contributed by atoms with van der Waals surface area (Å²) in [4.78, 5) is 24.1. The minimum Gasteiger partial charge on any atom is -0.497 e. The highest BCUT2D eigenvalue weighted by molar-refractivity contribution is 7.99. The van der Waals surface area contributed by atoms with Gasteiger partial charge in [-0.15, -0.1) is 10.2 Å². The van der Waals surface area contributed by atoms with Gasteiger partial charge in [-0.25, -0.2) is 4.79 Å². The minimum absolute atomic E-state index is 0.174. The maximum Gasteiger partial charge on any atom is 0.338 e. The average Bonchev–Trinajstić information content (AvgIpc) is 3.24. The van der Waals surface area contributed by atoms with Gasteiger partial charge in [0.1, 0.15) is 5.75 Å². The number of esters is 1. The first kappa shape index (κ1) is 24.1. The highest BCUT2D eigenvalue weighted by Gasteiger charge is 2.14. The fraction of sp³-hybridized carbons (Fsp3) is 0.304. The van der Waals surface area contributed by atoms with Crippen molar-refractivity contribution < 1.29 is 19.1 Å². The number of anilines is 2. The van der Waals surface area contributed by atoms with Gasteiger partial charge >= 0.3 is 5.97 Å². The third-order valence-corrected chi connectivity index (χ3v) is 5.63. The van der Waals surface area contributed by atoms with E-state index in [2.05, 4.69) is 20.8 Å². The molecular weight excluding hydrogens is 442 g/mol. The molecule has 0 fully saturated rings. The lowest BCUT2D eigenvalue weighted by molar-refractivity contribution is -0.113. The Morgan fingerprint density at radius 1 is 1.00 bits per heavy atom. The zero-order chi connectivity index (χ0) is 23.6. The van der Waals surface area contributed by atoms with Crippen molar-refractivity contribution in [2.45, 2.75) is 32.1 Å². The van der Waals surface area contributed by atoms with Crippen LogP contribution in [0.25, 0.3) is 0 Å². The molecule has 0 unspecified atom stereocenters. The van der Waals surface area contributed by atoms with Gasteiger partial charge in [0, 0.05) is 17.9 Å². The second kappa shape index (κ2) is 11.9. The minimum atomic E-state index is -0.387. The van der Waals surface area contributed by atoms with E-state index < -0.39 is 0 Å². The van der Waals surface area contributed by atoms with Gasteiger partial charge in [-0.1, -0.05) is 11.8 Å². The molecule has 0 saturated carbocycles. The smallest absolute Gasteiger partial charge is 0.338 e. The molecule has 0 aliphatic heterocycles. The Hall–Kier alpha value is -3.53. The average molecular weight is 470 g/mol. The monoisotopic (exact) mass is 469 g/mol. The maximum atomic E-state index is 12.4. The largest absolute Gasteiger partial charge is 0.497 e. The number of thioether (sulfide) groups is 1. The number of rotatable bonds is 11. The number of hydrogen-bond donors (Lipinski definition) is 2. The fourth-order valence-electron chi connectivity index (χ4n) is 3.00. The Morgan fingerprint density at radius 2 is 1.70 bits per heavy atom. The van der Waals surface area contributed by atoms with Crippen LogP contribution in [0.1, 0.15) is 30.0 Å². The molecule has 174 valence electrons. The number of nitrogens with zero attached hydrogens (tertiary/aromatic N) is 3. The lowest BCUT2D eigenvalue weighted by Crippen LogP contribution is -2.15. The van der Waals surface area contributed by atoms with E-state index in [0.29, 0.717) is 36.1 Å². The van der Waals surface area contributed by atoms with E-state index in [0.717, 1.165) is 17.3 Å². The topological polar surface area (TPSA) is 107 Å². The maximum absolute atomic E-state index is 12.4. The lowest BCUT2D eigenvalue weighted by Gasteiger charge is -2.10. The number of carbonyl (C=O) groups excluding carboxylic acids is 2. The normalized spacial score (nSPS) is 10.5. The van der Waals surface area contributed by atoms with Gasteiger partial charge in [0.2, 0.25) is 5.91 Å². The number of methoxy groups -OCH3 is 1. The van der Waals surface area contributed by atoms with E-state index >= 15 is 0 Å². The summed E-state index contributed by atoms with van der Waals surface area (Å²) in [6.07, 6.45) is 0. The van der Waals surface area contributed by atoms with Crippen LogP contribution in [0.15, 0.2) is 53.7 Å². The van der Waals surface area contributed by atoms with Gasteiger partial charge in [0.25, 0.3) is 0 Å². The Kier molecular flexibility index (Phi) is 8.71. The first-order chi connectivity index (χ1) is 16.0. The molecule has 3 rings (SSSR count). The zero-order valence-electron chi connectivity index (χ0n) is 18.8. The molecule has 2 N–H and O–H groups in total. The molecule has 2 aromatic carbocycles. The van der Waals surface area contributed by atoms with Crippen molar-refractivity contribution >= 4 is 35.0 Å². The molecule has 0 aliphatic rings. The summed E-state index contributed by atoms with van der Waals surface area (Å²) in [7, 11) is 1.63. The van der Waals surface area contributed by atoms with Crippen molar-refractivity contribution in [3.63, 3.8) is 0 Å². The molecule has 3 aromatic rings. The Labute approximate surface area is 196 Å². The first-order valence-corrected chi connectivity index (χ1v) is 11.5. The summed E-state index contributed by atoms with van der Waals surface area (Å²) in [6.45, 7) is 5.27. The van der Waals surface area contributed by atoms with Gasteiger partial charge in [0.05, 0.1) is 31.6 Å². The SMILES string of the molecule is CCOC(=O)c1ccc(NC(=O)CSc2nnc(CNc3ccc(OC)cc3)n2CC)cc1. The quantitative estimate of drug-likeness (QED) is 0.322. The second-order valence-electron chi connectivity index (χ2n) is 6.86. The van der Waals surface area contributed by atoms with Gasteiger partial charge in [-0.3, -0.25) is 4.79 Å². The predicted molar refractivity (Wildman–Crippen MR) is 128 cm³/mol. The van der Waals surface area contributed by atoms with E-state index in [1.807, 2.05) is 35.8 Å². The summed E-state index contributed by atoms with van der Waals surface area (Å²) in [5.41, 5.74) is 2.00. The Balaban J connectivity index is 1.52. The van der Waals surface area contributed by atoms with Crippen LogP contribution in [-0.2, 0) is 22.6 Å². The molecule has 0 aliphatic carbocycles. The first-order valence-electron chi connectivity index (χ1n) is 10.5. The number of hydrogen-bond acceptors (Lipinski definition) is 8. The number of amides is 1. The van der Waals surface area contributed by atoms with Crippen molar-refractivity contribution in [2.75, 3.05) is 30.1 Å². The number of carbonyl (C=O) groups is 2. The van der Waals surface area contributed by atoms with Gasteiger partial charge < -0.3 is 24.7 Å². The van der Waals surface area contributed by atoms with Crippen molar-refractivity contribution in [1.82, 2.24) is 14.8 Å². The molecule has 0 atom stereocenters. The molecule has 1 aromatic heterocycles. The lowest BCUT2D eigenvalue weighted by atomic mass is 10.2. The molecule has 1 heterocycles. The van der Waals surface area contributed by atoms with Crippen LogP contribution >= 0.6 is 11.8 Å². The number of benzene rings is 2. The number of nitrogens with one attached hydrogen (secondary N) is 2. The van der Waals surface area contributed by atoms with E-state index in [4.69, 9.17) is 9.47 Å². The third kappa shape index (κ3) is 6.72. The zero-order valence-corrected chi connectivity index (χ0v) is 19.6. The summed E-state index contributed by atoms with van der Waals surface area (Å²) in [5, 5.41) is 15.3. The molecule has 0 radical (unpaired) electrons. The van der Waals surface area contributed by atoms with Crippen LogP contribution in [-0.4, -0.2) is 46.1 Å². The standard InChI is InChI=1S/C23H27N5O4S/c1-4-28-20(14-24-17-10-12-19(31-3)13-11-17)26-27-23(28)33-15-21(29)25-18-8-6-16(7-9-18)22(30)32-5-2/h6-13,24H,4-5,14-15H2,1-3H3,(H,25,29). The van der Waals surface area contributed by atoms with Crippen LogP contribution in [0.2, 0.25) is 0 Å². The van der Waals surface area contributed by atoms with E-state index in [-0.39, 0.29) is 17.6 Å². The van der Waals surface area contributed by atoms with Crippen LogP contribution < -0.4 is 15.4 Å². The van der Waals surface area contributed by atoms with Gasteiger partial charge in [0.15, 0.2) is 11.0 Å². The molecule has 0 bridgehead atoms. The van der Waals surface area contributed by atoms with Crippen molar-refractivity contribution in [3.8, 4) is 5.75 Å². The molecule has 9 nitrogen and oxygen atoms in total. The summed E-state index contributed by atoms with van der Waals surface area (Å²) in [6, 6.07) is 14.2.